The van der Waals surface area contributed by atoms with E-state index in [0.29, 0.717) is 10.8 Å². The molecule has 0 fully saturated rings. The largest absolute Gasteiger partial charge is 2.00 e. The Labute approximate surface area is 106 Å². The predicted molar refractivity (Wildman–Crippen MR) is 54.8 cm³/mol. The quantitative estimate of drug-likeness (QED) is 0.503. The molecule has 0 aliphatic carbocycles. The van der Waals surface area contributed by atoms with Gasteiger partial charge >= 0.3 is 23.1 Å². The molecule has 0 radical (unpaired) electrons. The van der Waals surface area contributed by atoms with Crippen LogP contribution in [0.4, 0.5) is 0 Å². The third-order valence-electron chi connectivity index (χ3n) is 0.605. The van der Waals surface area contributed by atoms with Crippen LogP contribution in [0.1, 0.15) is 13.8 Å². The van der Waals surface area contributed by atoms with Gasteiger partial charge in [0.1, 0.15) is 20.2 Å². The number of rotatable bonds is 2. The van der Waals surface area contributed by atoms with E-state index in [0.717, 1.165) is 0 Å². The van der Waals surface area contributed by atoms with E-state index in [-0.39, 0.29) is 23.1 Å². The summed E-state index contributed by atoms with van der Waals surface area (Å²) in [5.74, 6) is 0. The Balaban J connectivity index is -0.000000180. The van der Waals surface area contributed by atoms with Crippen LogP contribution in [-0.2, 0) is 20.2 Å². The third kappa shape index (κ3) is 31.5. The first-order valence-electron chi connectivity index (χ1n) is 3.29. The molecule has 0 N–H and O–H groups in total. The van der Waals surface area contributed by atoms with E-state index in [4.69, 9.17) is 0 Å². The zero-order valence-electron chi connectivity index (χ0n) is 8.28. The molecular formula is C6H10MgO6S2. The zero-order chi connectivity index (χ0) is 11.8. The summed E-state index contributed by atoms with van der Waals surface area (Å²) in [6.07, 6.45) is 2.37. The Hall–Kier alpha value is 0.0662. The summed E-state index contributed by atoms with van der Waals surface area (Å²) < 4.78 is 57.5. The molecule has 0 rings (SSSR count). The van der Waals surface area contributed by atoms with Crippen molar-refractivity contribution in [3.05, 3.63) is 23.0 Å². The normalized spacial score (nSPS) is 12.0. The van der Waals surface area contributed by atoms with Gasteiger partial charge in [-0.25, -0.2) is 16.8 Å². The minimum absolute atomic E-state index is 0. The minimum atomic E-state index is -4.10. The van der Waals surface area contributed by atoms with E-state index in [1.54, 1.807) is 0 Å². The van der Waals surface area contributed by atoms with Gasteiger partial charge in [0.05, 0.1) is 0 Å². The smallest absolute Gasteiger partial charge is 0.744 e. The maximum absolute atomic E-state index is 9.59. The molecule has 9 heteroatoms. The fourth-order valence-corrected chi connectivity index (χ4v) is 1.00. The van der Waals surface area contributed by atoms with Crippen molar-refractivity contribution in [2.45, 2.75) is 13.8 Å². The maximum Gasteiger partial charge on any atom is 2.00 e. The van der Waals surface area contributed by atoms with Crippen LogP contribution in [0, 0.1) is 0 Å². The Morgan fingerprint density at radius 1 is 0.800 bits per heavy atom. The van der Waals surface area contributed by atoms with Gasteiger partial charge in [0.25, 0.3) is 0 Å². The molecule has 0 bridgehead atoms. The van der Waals surface area contributed by atoms with Crippen LogP contribution < -0.4 is 0 Å². The van der Waals surface area contributed by atoms with Crippen molar-refractivity contribution in [3.8, 4) is 0 Å². The van der Waals surface area contributed by atoms with Gasteiger partial charge < -0.3 is 9.11 Å². The first kappa shape index (κ1) is 20.5. The minimum Gasteiger partial charge on any atom is -0.744 e. The van der Waals surface area contributed by atoms with Crippen molar-refractivity contribution >= 4 is 43.3 Å². The van der Waals surface area contributed by atoms with E-state index in [9.17, 15) is 25.9 Å². The topological polar surface area (TPSA) is 114 Å². The monoisotopic (exact) mass is 266 g/mol. The Bertz CT molecular complexity index is 351. The molecule has 0 amide bonds. The average molecular weight is 267 g/mol. The van der Waals surface area contributed by atoms with Crippen molar-refractivity contribution in [1.29, 1.82) is 0 Å². The molecule has 0 aromatic rings. The van der Waals surface area contributed by atoms with Crippen molar-refractivity contribution in [2.24, 2.45) is 0 Å². The molecule has 0 saturated heterocycles. The number of hydrogen-bond acceptors (Lipinski definition) is 6. The SMILES string of the molecule is CC=CS(=O)(=O)[O-].CC=CS(=O)(=O)[O-].[Mg+2]. The molecule has 0 aromatic carbocycles. The number of hydrogen-bond donors (Lipinski definition) is 0. The molecule has 0 unspecified atom stereocenters. The number of allylic oxidation sites excluding steroid dienone is 2. The van der Waals surface area contributed by atoms with Crippen molar-refractivity contribution in [3.63, 3.8) is 0 Å². The average Bonchev–Trinajstić information content (AvgIpc) is 1.81. The predicted octanol–water partition coefficient (Wildman–Crippen LogP) is -0.250. The first-order chi connectivity index (χ1) is 6.12. The van der Waals surface area contributed by atoms with E-state index in [1.165, 1.54) is 26.0 Å². The summed E-state index contributed by atoms with van der Waals surface area (Å²) >= 11 is 0. The van der Waals surface area contributed by atoms with Gasteiger partial charge in [-0.1, -0.05) is 12.2 Å². The third-order valence-corrected chi connectivity index (χ3v) is 1.82. The molecule has 0 spiro atoms. The van der Waals surface area contributed by atoms with Gasteiger partial charge in [-0.3, -0.25) is 0 Å². The fraction of sp³-hybridized carbons (Fsp3) is 0.333. The molecule has 6 nitrogen and oxygen atoms in total. The van der Waals surface area contributed by atoms with Crippen molar-refractivity contribution in [1.82, 2.24) is 0 Å². The van der Waals surface area contributed by atoms with Gasteiger partial charge in [-0.05, 0) is 13.8 Å². The van der Waals surface area contributed by atoms with E-state index < -0.39 is 20.2 Å². The Kier molecular flexibility index (Phi) is 12.7. The van der Waals surface area contributed by atoms with Gasteiger partial charge in [-0.15, -0.1) is 0 Å². The molecule has 0 aliphatic heterocycles. The maximum atomic E-state index is 9.59. The molecule has 0 aliphatic rings. The summed E-state index contributed by atoms with van der Waals surface area (Å²) in [6.45, 7) is 2.94. The Morgan fingerprint density at radius 3 is 1.00 bits per heavy atom. The van der Waals surface area contributed by atoms with E-state index >= 15 is 0 Å². The van der Waals surface area contributed by atoms with Crippen LogP contribution >= 0.6 is 0 Å². The zero-order valence-corrected chi connectivity index (χ0v) is 11.3. The van der Waals surface area contributed by atoms with Crippen LogP contribution in [0.5, 0.6) is 0 Å². The second-order valence-electron chi connectivity index (χ2n) is 1.92. The van der Waals surface area contributed by atoms with Gasteiger partial charge in [-0.2, -0.15) is 0 Å². The molecule has 84 valence electrons. The van der Waals surface area contributed by atoms with Crippen molar-refractivity contribution in [2.75, 3.05) is 0 Å². The van der Waals surface area contributed by atoms with Crippen LogP contribution in [-0.4, -0.2) is 49.0 Å². The summed E-state index contributed by atoms with van der Waals surface area (Å²) in [5, 5.41) is 1.21. The molecule has 0 heterocycles. The second-order valence-corrected chi connectivity index (χ2v) is 4.44. The molecule has 0 saturated carbocycles. The summed E-state index contributed by atoms with van der Waals surface area (Å²) in [5.41, 5.74) is 0. The van der Waals surface area contributed by atoms with Crippen LogP contribution in [0.2, 0.25) is 0 Å². The first-order valence-corrected chi connectivity index (χ1v) is 6.24. The van der Waals surface area contributed by atoms with E-state index in [2.05, 4.69) is 0 Å². The molecule has 15 heavy (non-hydrogen) atoms. The van der Waals surface area contributed by atoms with Gasteiger partial charge in [0.15, 0.2) is 0 Å². The van der Waals surface area contributed by atoms with E-state index in [1.807, 2.05) is 0 Å². The standard InChI is InChI=1S/2C3H6O3S.Mg/c2*1-2-3-7(4,5)6;/h2*2-3H,1H3,(H,4,5,6);/q;;+2/p-2. The van der Waals surface area contributed by atoms with Gasteiger partial charge in [0.2, 0.25) is 0 Å². The summed E-state index contributed by atoms with van der Waals surface area (Å²) in [6, 6.07) is 0. The summed E-state index contributed by atoms with van der Waals surface area (Å²) in [4.78, 5) is 0. The van der Waals surface area contributed by atoms with Gasteiger partial charge in [0, 0.05) is 10.8 Å². The fourth-order valence-electron chi connectivity index (χ4n) is 0.333. The molecular weight excluding hydrogens is 256 g/mol. The molecule has 0 atom stereocenters. The van der Waals surface area contributed by atoms with Crippen LogP contribution in [0.25, 0.3) is 0 Å². The second kappa shape index (κ2) is 9.30. The molecule has 0 aromatic heterocycles. The van der Waals surface area contributed by atoms with Crippen LogP contribution in [0.15, 0.2) is 23.0 Å². The Morgan fingerprint density at radius 2 is 1.00 bits per heavy atom. The van der Waals surface area contributed by atoms with Crippen LogP contribution in [0.3, 0.4) is 0 Å². The summed E-state index contributed by atoms with van der Waals surface area (Å²) in [7, 11) is -8.21. The van der Waals surface area contributed by atoms with Crippen molar-refractivity contribution < 1.29 is 25.9 Å².